The summed E-state index contributed by atoms with van der Waals surface area (Å²) in [5, 5.41) is 3.40. The number of nitrogens with one attached hydrogen (secondary N) is 1. The molecule has 4 heteroatoms. The topological polar surface area (TPSA) is 41.6 Å². The van der Waals surface area contributed by atoms with Crippen LogP contribution in [0.25, 0.3) is 0 Å². The molecular formula is C21H24N2O2. The van der Waals surface area contributed by atoms with E-state index in [2.05, 4.69) is 17.4 Å². The highest BCUT2D eigenvalue weighted by Gasteiger charge is 2.46. The summed E-state index contributed by atoms with van der Waals surface area (Å²) < 4.78 is 5.83. The van der Waals surface area contributed by atoms with Gasteiger partial charge in [0.05, 0.1) is 5.41 Å². The molecule has 2 saturated heterocycles. The summed E-state index contributed by atoms with van der Waals surface area (Å²) in [5.41, 5.74) is 1.00. The van der Waals surface area contributed by atoms with Crippen LogP contribution in [0.15, 0.2) is 54.6 Å². The summed E-state index contributed by atoms with van der Waals surface area (Å²) in [6, 6.07) is 17.8. The van der Waals surface area contributed by atoms with Crippen LogP contribution in [0.4, 0.5) is 0 Å². The SMILES string of the molecule is O=C1N(Cc2ccc(Oc3ccccc3)cc2)CCC12CCCNC2. The molecule has 0 saturated carbocycles. The lowest BCUT2D eigenvalue weighted by atomic mass is 9.79. The van der Waals surface area contributed by atoms with Gasteiger partial charge in [0, 0.05) is 19.6 Å². The van der Waals surface area contributed by atoms with Crippen LogP contribution in [0.5, 0.6) is 11.5 Å². The zero-order valence-electron chi connectivity index (χ0n) is 14.4. The van der Waals surface area contributed by atoms with E-state index >= 15 is 0 Å². The third-order valence-electron chi connectivity index (χ3n) is 5.35. The van der Waals surface area contributed by atoms with E-state index in [1.165, 1.54) is 0 Å². The molecule has 0 radical (unpaired) electrons. The van der Waals surface area contributed by atoms with Crippen molar-refractivity contribution < 1.29 is 9.53 Å². The van der Waals surface area contributed by atoms with Gasteiger partial charge in [-0.15, -0.1) is 0 Å². The highest BCUT2D eigenvalue weighted by Crippen LogP contribution is 2.38. The quantitative estimate of drug-likeness (QED) is 0.928. The number of benzene rings is 2. The van der Waals surface area contributed by atoms with Crippen LogP contribution in [0.1, 0.15) is 24.8 Å². The van der Waals surface area contributed by atoms with E-state index in [1.807, 2.05) is 47.4 Å². The van der Waals surface area contributed by atoms with E-state index < -0.39 is 0 Å². The van der Waals surface area contributed by atoms with Crippen molar-refractivity contribution in [2.75, 3.05) is 19.6 Å². The van der Waals surface area contributed by atoms with Crippen molar-refractivity contribution in [1.29, 1.82) is 0 Å². The van der Waals surface area contributed by atoms with Gasteiger partial charge in [0.2, 0.25) is 5.91 Å². The van der Waals surface area contributed by atoms with Crippen LogP contribution in [0, 0.1) is 5.41 Å². The van der Waals surface area contributed by atoms with E-state index in [0.717, 1.165) is 56.0 Å². The number of piperidine rings is 1. The molecule has 0 aromatic heterocycles. The van der Waals surface area contributed by atoms with Gasteiger partial charge in [-0.1, -0.05) is 30.3 Å². The van der Waals surface area contributed by atoms with Gasteiger partial charge in [-0.3, -0.25) is 4.79 Å². The molecule has 2 aliphatic rings. The van der Waals surface area contributed by atoms with Crippen molar-refractivity contribution in [2.24, 2.45) is 5.41 Å². The Morgan fingerprint density at radius 1 is 1.00 bits per heavy atom. The zero-order valence-corrected chi connectivity index (χ0v) is 14.4. The van der Waals surface area contributed by atoms with Crippen LogP contribution in [-0.2, 0) is 11.3 Å². The number of carbonyl (C=O) groups is 1. The van der Waals surface area contributed by atoms with Gasteiger partial charge in [-0.05, 0) is 55.6 Å². The molecule has 2 aliphatic heterocycles. The maximum absolute atomic E-state index is 12.9. The normalized spacial score (nSPS) is 23.2. The molecule has 1 unspecified atom stereocenters. The molecule has 1 N–H and O–H groups in total. The predicted octanol–water partition coefficient (Wildman–Crippen LogP) is 3.58. The summed E-state index contributed by atoms with van der Waals surface area (Å²) in [4.78, 5) is 14.9. The molecule has 1 amide bonds. The van der Waals surface area contributed by atoms with Gasteiger partial charge in [-0.2, -0.15) is 0 Å². The molecule has 0 bridgehead atoms. The number of amides is 1. The largest absolute Gasteiger partial charge is 0.457 e. The molecule has 4 rings (SSSR count). The van der Waals surface area contributed by atoms with Crippen LogP contribution in [-0.4, -0.2) is 30.4 Å². The Morgan fingerprint density at radius 3 is 2.48 bits per heavy atom. The fraction of sp³-hybridized carbons (Fsp3) is 0.381. The number of likely N-dealkylation sites (tertiary alicyclic amines) is 1. The first-order valence-electron chi connectivity index (χ1n) is 9.07. The highest BCUT2D eigenvalue weighted by atomic mass is 16.5. The Balaban J connectivity index is 1.39. The van der Waals surface area contributed by atoms with Crippen molar-refractivity contribution in [3.8, 4) is 11.5 Å². The maximum atomic E-state index is 12.9. The second kappa shape index (κ2) is 6.89. The second-order valence-electron chi connectivity index (χ2n) is 7.10. The van der Waals surface area contributed by atoms with Crippen molar-refractivity contribution in [1.82, 2.24) is 10.2 Å². The predicted molar refractivity (Wildman–Crippen MR) is 97.5 cm³/mol. The Hall–Kier alpha value is -2.33. The summed E-state index contributed by atoms with van der Waals surface area (Å²) >= 11 is 0. The first-order chi connectivity index (χ1) is 12.3. The van der Waals surface area contributed by atoms with Gasteiger partial charge in [0.1, 0.15) is 11.5 Å². The number of carbonyl (C=O) groups excluding carboxylic acids is 1. The minimum atomic E-state index is -0.144. The number of nitrogens with zero attached hydrogens (tertiary/aromatic N) is 1. The molecule has 130 valence electrons. The smallest absolute Gasteiger partial charge is 0.230 e. The molecule has 4 nitrogen and oxygen atoms in total. The first-order valence-corrected chi connectivity index (χ1v) is 9.07. The molecule has 0 aliphatic carbocycles. The van der Waals surface area contributed by atoms with Crippen LogP contribution in [0.3, 0.4) is 0 Å². The zero-order chi connectivity index (χ0) is 17.1. The number of para-hydroxylation sites is 1. The van der Waals surface area contributed by atoms with Crippen molar-refractivity contribution >= 4 is 5.91 Å². The molecule has 2 heterocycles. The van der Waals surface area contributed by atoms with E-state index in [4.69, 9.17) is 4.74 Å². The third kappa shape index (κ3) is 3.40. The number of rotatable bonds is 4. The Bertz CT molecular complexity index is 721. The molecule has 2 aromatic rings. The number of hydrogen-bond donors (Lipinski definition) is 1. The molecular weight excluding hydrogens is 312 g/mol. The summed E-state index contributed by atoms with van der Waals surface area (Å²) in [7, 11) is 0. The van der Waals surface area contributed by atoms with E-state index in [-0.39, 0.29) is 5.41 Å². The molecule has 2 fully saturated rings. The Labute approximate surface area is 148 Å². The standard InChI is InChI=1S/C21H24N2O2/c24-20-21(11-4-13-22-16-21)12-14-23(20)15-17-7-9-19(10-8-17)25-18-5-2-1-3-6-18/h1-3,5-10,22H,4,11-16H2. The van der Waals surface area contributed by atoms with Crippen LogP contribution < -0.4 is 10.1 Å². The summed E-state index contributed by atoms with van der Waals surface area (Å²) in [6.07, 6.45) is 3.11. The van der Waals surface area contributed by atoms with Crippen LogP contribution >= 0.6 is 0 Å². The second-order valence-corrected chi connectivity index (χ2v) is 7.10. The average Bonchev–Trinajstić information content (AvgIpc) is 2.94. The average molecular weight is 336 g/mol. The van der Waals surface area contributed by atoms with Gasteiger partial charge in [0.25, 0.3) is 0 Å². The lowest BCUT2D eigenvalue weighted by molar-refractivity contribution is -0.137. The van der Waals surface area contributed by atoms with E-state index in [9.17, 15) is 4.79 Å². The molecule has 2 aromatic carbocycles. The Morgan fingerprint density at radius 2 is 1.76 bits per heavy atom. The van der Waals surface area contributed by atoms with Crippen LogP contribution in [0.2, 0.25) is 0 Å². The van der Waals surface area contributed by atoms with Gasteiger partial charge in [-0.25, -0.2) is 0 Å². The van der Waals surface area contributed by atoms with Gasteiger partial charge >= 0.3 is 0 Å². The first kappa shape index (κ1) is 16.2. The van der Waals surface area contributed by atoms with Gasteiger partial charge < -0.3 is 15.0 Å². The molecule has 25 heavy (non-hydrogen) atoms. The molecule has 1 spiro atoms. The summed E-state index contributed by atoms with van der Waals surface area (Å²) in [6.45, 7) is 3.43. The number of hydrogen-bond acceptors (Lipinski definition) is 3. The van der Waals surface area contributed by atoms with Gasteiger partial charge in [0.15, 0.2) is 0 Å². The van der Waals surface area contributed by atoms with E-state index in [1.54, 1.807) is 0 Å². The lowest BCUT2D eigenvalue weighted by Crippen LogP contribution is -2.45. The highest BCUT2D eigenvalue weighted by molar-refractivity contribution is 5.85. The van der Waals surface area contributed by atoms with Crippen molar-refractivity contribution in [3.63, 3.8) is 0 Å². The summed E-state index contributed by atoms with van der Waals surface area (Å²) in [5.74, 6) is 1.97. The fourth-order valence-corrected chi connectivity index (χ4v) is 3.92. The monoisotopic (exact) mass is 336 g/mol. The minimum absolute atomic E-state index is 0.144. The fourth-order valence-electron chi connectivity index (χ4n) is 3.92. The van der Waals surface area contributed by atoms with Crippen molar-refractivity contribution in [2.45, 2.75) is 25.8 Å². The van der Waals surface area contributed by atoms with Crippen molar-refractivity contribution in [3.05, 3.63) is 60.2 Å². The molecule has 1 atom stereocenters. The Kier molecular flexibility index (Phi) is 4.45. The number of ether oxygens (including phenoxy) is 1. The lowest BCUT2D eigenvalue weighted by Gasteiger charge is -2.32. The minimum Gasteiger partial charge on any atom is -0.457 e. The maximum Gasteiger partial charge on any atom is 0.230 e. The third-order valence-corrected chi connectivity index (χ3v) is 5.35. The van der Waals surface area contributed by atoms with E-state index in [0.29, 0.717) is 12.5 Å².